The van der Waals surface area contributed by atoms with Gasteiger partial charge in [0.2, 0.25) is 0 Å². The SMILES string of the molecule is CN1C2(c3ccccc3)ON=C(c3ccccc3)C2C[N+]1(C)C. The molecule has 2 unspecified atom stereocenters. The van der Waals surface area contributed by atoms with Gasteiger partial charge in [-0.3, -0.25) is 0 Å². The molecular formula is C19H22N3O+. The smallest absolute Gasteiger partial charge is 0.272 e. The lowest BCUT2D eigenvalue weighted by Gasteiger charge is -2.37. The number of rotatable bonds is 2. The van der Waals surface area contributed by atoms with Gasteiger partial charge in [-0.05, 0) is 0 Å². The number of oxime groups is 1. The fourth-order valence-corrected chi connectivity index (χ4v) is 3.88. The molecule has 118 valence electrons. The van der Waals surface area contributed by atoms with Crippen LogP contribution in [0.25, 0.3) is 0 Å². The second-order valence-electron chi connectivity index (χ2n) is 6.88. The first-order chi connectivity index (χ1) is 11.1. The Kier molecular flexibility index (Phi) is 3.08. The highest BCUT2D eigenvalue weighted by Gasteiger charge is 2.66. The van der Waals surface area contributed by atoms with E-state index >= 15 is 0 Å². The second-order valence-corrected chi connectivity index (χ2v) is 6.88. The van der Waals surface area contributed by atoms with Crippen LogP contribution in [0.1, 0.15) is 11.1 Å². The summed E-state index contributed by atoms with van der Waals surface area (Å²) in [4.78, 5) is 6.16. The van der Waals surface area contributed by atoms with E-state index in [2.05, 4.69) is 79.8 Å². The number of hydrogen-bond acceptors (Lipinski definition) is 3. The molecule has 0 aliphatic carbocycles. The Balaban J connectivity index is 1.85. The monoisotopic (exact) mass is 308 g/mol. The van der Waals surface area contributed by atoms with Crippen molar-refractivity contribution in [1.29, 1.82) is 0 Å². The molecule has 0 saturated carbocycles. The molecule has 4 heteroatoms. The Morgan fingerprint density at radius 2 is 1.65 bits per heavy atom. The summed E-state index contributed by atoms with van der Waals surface area (Å²) in [5, 5.41) is 6.80. The zero-order valence-electron chi connectivity index (χ0n) is 13.8. The number of hydrogen-bond donors (Lipinski definition) is 0. The topological polar surface area (TPSA) is 24.8 Å². The summed E-state index contributed by atoms with van der Waals surface area (Å²) in [6.07, 6.45) is 0. The van der Waals surface area contributed by atoms with Gasteiger partial charge in [0.25, 0.3) is 5.72 Å². The van der Waals surface area contributed by atoms with Gasteiger partial charge in [-0.15, -0.1) is 5.01 Å². The van der Waals surface area contributed by atoms with Gasteiger partial charge in [-0.2, -0.15) is 0 Å². The lowest BCUT2D eigenvalue weighted by Crippen LogP contribution is -2.54. The molecule has 23 heavy (non-hydrogen) atoms. The minimum absolute atomic E-state index is 0.201. The van der Waals surface area contributed by atoms with Gasteiger partial charge in [0, 0.05) is 18.2 Å². The van der Waals surface area contributed by atoms with Gasteiger partial charge in [0.1, 0.15) is 18.2 Å². The Hall–Kier alpha value is -2.17. The predicted molar refractivity (Wildman–Crippen MR) is 90.4 cm³/mol. The van der Waals surface area contributed by atoms with Gasteiger partial charge in [0.05, 0.1) is 14.1 Å². The molecule has 4 rings (SSSR count). The van der Waals surface area contributed by atoms with Crippen molar-refractivity contribution < 1.29 is 9.43 Å². The molecule has 0 amide bonds. The minimum Gasteiger partial charge on any atom is -0.362 e. The van der Waals surface area contributed by atoms with Crippen molar-refractivity contribution in [1.82, 2.24) is 5.01 Å². The van der Waals surface area contributed by atoms with Crippen LogP contribution in [0.2, 0.25) is 0 Å². The maximum absolute atomic E-state index is 6.16. The third-order valence-electron chi connectivity index (χ3n) is 5.26. The van der Waals surface area contributed by atoms with Crippen LogP contribution in [0.5, 0.6) is 0 Å². The molecule has 0 aromatic heterocycles. The van der Waals surface area contributed by atoms with E-state index in [0.717, 1.165) is 28.0 Å². The summed E-state index contributed by atoms with van der Waals surface area (Å²) in [7, 11) is 6.56. The zero-order chi connectivity index (χ0) is 16.1. The Bertz CT molecular complexity index is 742. The van der Waals surface area contributed by atoms with Crippen LogP contribution in [0, 0.1) is 5.92 Å². The van der Waals surface area contributed by atoms with Crippen molar-refractivity contribution in [2.75, 3.05) is 27.7 Å². The van der Waals surface area contributed by atoms with Crippen LogP contribution in [0.15, 0.2) is 65.8 Å². The Morgan fingerprint density at radius 3 is 2.30 bits per heavy atom. The molecule has 2 aliphatic rings. The summed E-state index contributed by atoms with van der Waals surface area (Å²) in [6, 6.07) is 20.8. The Morgan fingerprint density at radius 1 is 1.04 bits per heavy atom. The number of fused-ring (bicyclic) bond motifs is 1. The van der Waals surface area contributed by atoms with Crippen LogP contribution in [0.3, 0.4) is 0 Å². The van der Waals surface area contributed by atoms with E-state index in [1.54, 1.807) is 0 Å². The van der Waals surface area contributed by atoms with Crippen molar-refractivity contribution >= 4 is 5.71 Å². The van der Waals surface area contributed by atoms with E-state index in [1.165, 1.54) is 0 Å². The molecule has 2 aliphatic heterocycles. The fraction of sp³-hybridized carbons (Fsp3) is 0.316. The van der Waals surface area contributed by atoms with Crippen LogP contribution in [-0.4, -0.2) is 43.0 Å². The molecule has 1 fully saturated rings. The van der Waals surface area contributed by atoms with Crippen LogP contribution in [0.4, 0.5) is 0 Å². The number of quaternary nitrogens is 1. The quantitative estimate of drug-likeness (QED) is 0.797. The molecular weight excluding hydrogens is 286 g/mol. The molecule has 2 aromatic carbocycles. The highest BCUT2D eigenvalue weighted by atomic mass is 16.7. The van der Waals surface area contributed by atoms with Gasteiger partial charge in [0.15, 0.2) is 0 Å². The highest BCUT2D eigenvalue weighted by molar-refractivity contribution is 6.03. The van der Waals surface area contributed by atoms with Crippen molar-refractivity contribution in [3.63, 3.8) is 0 Å². The zero-order valence-corrected chi connectivity index (χ0v) is 13.8. The lowest BCUT2D eigenvalue weighted by atomic mass is 9.84. The largest absolute Gasteiger partial charge is 0.362 e. The summed E-state index contributed by atoms with van der Waals surface area (Å²) >= 11 is 0. The summed E-state index contributed by atoms with van der Waals surface area (Å²) in [6.45, 7) is 0.957. The average Bonchev–Trinajstić information content (AvgIpc) is 3.03. The van der Waals surface area contributed by atoms with Crippen molar-refractivity contribution in [3.8, 4) is 0 Å². The van der Waals surface area contributed by atoms with Gasteiger partial charge in [-0.1, -0.05) is 65.8 Å². The summed E-state index contributed by atoms with van der Waals surface area (Å²) in [5.74, 6) is 0.201. The normalized spacial score (nSPS) is 29.0. The third-order valence-corrected chi connectivity index (χ3v) is 5.26. The van der Waals surface area contributed by atoms with E-state index in [0.29, 0.717) is 0 Å². The van der Waals surface area contributed by atoms with Crippen LogP contribution >= 0.6 is 0 Å². The molecule has 0 N–H and O–H groups in total. The van der Waals surface area contributed by atoms with E-state index in [4.69, 9.17) is 4.84 Å². The first-order valence-corrected chi connectivity index (χ1v) is 8.00. The summed E-state index contributed by atoms with van der Waals surface area (Å²) in [5.41, 5.74) is 2.82. The average molecular weight is 308 g/mol. The maximum Gasteiger partial charge on any atom is 0.272 e. The molecule has 4 nitrogen and oxygen atoms in total. The van der Waals surface area contributed by atoms with Crippen LogP contribution in [-0.2, 0) is 10.6 Å². The molecule has 2 aromatic rings. The van der Waals surface area contributed by atoms with Gasteiger partial charge >= 0.3 is 0 Å². The Labute approximate surface area is 137 Å². The molecule has 2 atom stereocenters. The third kappa shape index (κ3) is 1.95. The number of benzene rings is 2. The summed E-state index contributed by atoms with van der Waals surface area (Å²) < 4.78 is 0.769. The van der Waals surface area contributed by atoms with Crippen molar-refractivity contribution in [2.24, 2.45) is 11.1 Å². The van der Waals surface area contributed by atoms with Gasteiger partial charge in [-0.25, -0.2) is 4.59 Å². The van der Waals surface area contributed by atoms with E-state index in [-0.39, 0.29) is 5.92 Å². The molecule has 0 radical (unpaired) electrons. The first-order valence-electron chi connectivity index (χ1n) is 8.00. The fourth-order valence-electron chi connectivity index (χ4n) is 3.88. The minimum atomic E-state index is -0.532. The molecule has 2 heterocycles. The second kappa shape index (κ2) is 4.91. The maximum atomic E-state index is 6.16. The lowest BCUT2D eigenvalue weighted by molar-refractivity contribution is -0.996. The first kappa shape index (κ1) is 14.4. The number of nitrogens with zero attached hydrogens (tertiary/aromatic N) is 3. The van der Waals surface area contributed by atoms with E-state index in [1.807, 2.05) is 12.1 Å². The molecule has 0 bridgehead atoms. The van der Waals surface area contributed by atoms with E-state index in [9.17, 15) is 0 Å². The van der Waals surface area contributed by atoms with Crippen molar-refractivity contribution in [3.05, 3.63) is 71.8 Å². The van der Waals surface area contributed by atoms with Crippen LogP contribution < -0.4 is 0 Å². The standard InChI is InChI=1S/C19H22N3O/c1-21-19(16-12-8-5-9-13-16)17(14-22(21,2)3)18(20-23-19)15-10-6-4-7-11-15/h4-13,17H,14H2,1-3H3/q+1. The predicted octanol–water partition coefficient (Wildman–Crippen LogP) is 2.83. The highest BCUT2D eigenvalue weighted by Crippen LogP contribution is 2.50. The molecule has 0 spiro atoms. The van der Waals surface area contributed by atoms with E-state index < -0.39 is 5.72 Å². The molecule has 1 saturated heterocycles. The van der Waals surface area contributed by atoms with Gasteiger partial charge < -0.3 is 4.84 Å². The van der Waals surface area contributed by atoms with Crippen molar-refractivity contribution in [2.45, 2.75) is 5.72 Å².